The summed E-state index contributed by atoms with van der Waals surface area (Å²) < 4.78 is 10.7. The second-order valence-corrected chi connectivity index (χ2v) is 4.62. The van der Waals surface area contributed by atoms with Crippen molar-refractivity contribution in [3.8, 4) is 11.5 Å². The minimum absolute atomic E-state index is 0. The number of ether oxygens (including phenoxy) is 2. The lowest BCUT2D eigenvalue weighted by Crippen LogP contribution is -2.29. The van der Waals surface area contributed by atoms with Crippen LogP contribution in [0.15, 0.2) is 18.2 Å². The second-order valence-electron chi connectivity index (χ2n) is 4.62. The monoisotopic (exact) mass is 255 g/mol. The van der Waals surface area contributed by atoms with Gasteiger partial charge in [0.15, 0.2) is 11.5 Å². The summed E-state index contributed by atoms with van der Waals surface area (Å²) >= 11 is 0. The molecule has 4 heteroatoms. The normalized spacial score (nSPS) is 18.6. The maximum atomic E-state index is 5.39. The van der Waals surface area contributed by atoms with Gasteiger partial charge in [-0.25, -0.2) is 0 Å². The van der Waals surface area contributed by atoms with Crippen LogP contribution in [0, 0.1) is 5.92 Å². The Morgan fingerprint density at radius 1 is 1.29 bits per heavy atom. The smallest absolute Gasteiger partial charge is 0.231 e. The number of benzene rings is 1. The van der Waals surface area contributed by atoms with Gasteiger partial charge in [0.1, 0.15) is 0 Å². The summed E-state index contributed by atoms with van der Waals surface area (Å²) in [7, 11) is 2.05. The third-order valence-corrected chi connectivity index (χ3v) is 3.45. The zero-order valence-corrected chi connectivity index (χ0v) is 10.8. The lowest BCUT2D eigenvalue weighted by atomic mass is 10.0. The molecular weight excluding hydrogens is 238 g/mol. The number of halogens is 1. The molecule has 0 spiro atoms. The number of hydrogen-bond donors (Lipinski definition) is 1. The summed E-state index contributed by atoms with van der Waals surface area (Å²) in [6.45, 7) is 0.358. The van der Waals surface area contributed by atoms with Crippen LogP contribution >= 0.6 is 12.4 Å². The third kappa shape index (κ3) is 2.67. The number of rotatable bonds is 4. The van der Waals surface area contributed by atoms with Crippen molar-refractivity contribution in [1.29, 1.82) is 0 Å². The van der Waals surface area contributed by atoms with Gasteiger partial charge in [-0.1, -0.05) is 6.07 Å². The summed E-state index contributed by atoms with van der Waals surface area (Å²) in [5.74, 6) is 2.63. The summed E-state index contributed by atoms with van der Waals surface area (Å²) in [6.07, 6.45) is 3.82. The van der Waals surface area contributed by atoms with Crippen molar-refractivity contribution in [3.05, 3.63) is 23.8 Å². The molecule has 1 aliphatic heterocycles. The van der Waals surface area contributed by atoms with E-state index in [4.69, 9.17) is 9.47 Å². The van der Waals surface area contributed by atoms with Gasteiger partial charge in [-0.15, -0.1) is 12.4 Å². The molecule has 1 aliphatic carbocycles. The molecule has 1 N–H and O–H groups in total. The van der Waals surface area contributed by atoms with Gasteiger partial charge < -0.3 is 14.8 Å². The number of nitrogens with one attached hydrogen (secondary N) is 1. The van der Waals surface area contributed by atoms with E-state index in [-0.39, 0.29) is 12.4 Å². The van der Waals surface area contributed by atoms with Gasteiger partial charge >= 0.3 is 0 Å². The van der Waals surface area contributed by atoms with Crippen molar-refractivity contribution in [3.63, 3.8) is 0 Å². The minimum Gasteiger partial charge on any atom is -0.454 e. The van der Waals surface area contributed by atoms with Crippen molar-refractivity contribution in [1.82, 2.24) is 5.32 Å². The molecule has 0 amide bonds. The summed E-state index contributed by atoms with van der Waals surface area (Å²) in [5, 5.41) is 3.41. The third-order valence-electron chi connectivity index (χ3n) is 3.45. The first kappa shape index (κ1) is 12.5. The molecule has 1 heterocycles. The van der Waals surface area contributed by atoms with Gasteiger partial charge in [-0.2, -0.15) is 0 Å². The first-order chi connectivity index (χ1) is 7.86. The van der Waals surface area contributed by atoms with Gasteiger partial charge in [0, 0.05) is 6.04 Å². The van der Waals surface area contributed by atoms with Crippen molar-refractivity contribution in [2.75, 3.05) is 13.8 Å². The Bertz CT molecular complexity index is 393. The van der Waals surface area contributed by atoms with E-state index >= 15 is 0 Å². The fraction of sp³-hybridized carbons (Fsp3) is 0.538. The molecule has 1 saturated carbocycles. The van der Waals surface area contributed by atoms with Gasteiger partial charge in [0.25, 0.3) is 0 Å². The minimum atomic E-state index is 0. The highest BCUT2D eigenvalue weighted by Gasteiger charge is 2.30. The van der Waals surface area contributed by atoms with Crippen molar-refractivity contribution < 1.29 is 9.47 Å². The summed E-state index contributed by atoms with van der Waals surface area (Å²) in [5.41, 5.74) is 1.33. The highest BCUT2D eigenvalue weighted by molar-refractivity contribution is 5.85. The van der Waals surface area contributed by atoms with Crippen molar-refractivity contribution >= 4 is 12.4 Å². The average Bonchev–Trinajstić information content (AvgIpc) is 3.04. The average molecular weight is 256 g/mol. The van der Waals surface area contributed by atoms with Crippen LogP contribution in [0.3, 0.4) is 0 Å². The van der Waals surface area contributed by atoms with Crippen molar-refractivity contribution in [2.45, 2.75) is 25.3 Å². The maximum absolute atomic E-state index is 5.39. The fourth-order valence-electron chi connectivity index (χ4n) is 2.32. The van der Waals surface area contributed by atoms with Crippen LogP contribution in [-0.4, -0.2) is 19.9 Å². The van der Waals surface area contributed by atoms with E-state index < -0.39 is 0 Å². The van der Waals surface area contributed by atoms with E-state index in [1.54, 1.807) is 0 Å². The predicted octanol–water partition coefficient (Wildman–Crippen LogP) is 2.38. The van der Waals surface area contributed by atoms with Crippen LogP contribution in [0.5, 0.6) is 11.5 Å². The van der Waals surface area contributed by atoms with E-state index in [2.05, 4.69) is 24.5 Å². The first-order valence-electron chi connectivity index (χ1n) is 5.92. The Hall–Kier alpha value is -0.930. The van der Waals surface area contributed by atoms with E-state index in [0.717, 1.165) is 23.8 Å². The van der Waals surface area contributed by atoms with Gasteiger partial charge in [0.2, 0.25) is 6.79 Å². The number of fused-ring (bicyclic) bond motifs is 1. The molecule has 3 nitrogen and oxygen atoms in total. The molecular formula is C13H18ClNO2. The Morgan fingerprint density at radius 2 is 2.06 bits per heavy atom. The van der Waals surface area contributed by atoms with E-state index in [1.165, 1.54) is 18.4 Å². The quantitative estimate of drug-likeness (QED) is 0.896. The fourth-order valence-corrected chi connectivity index (χ4v) is 2.32. The molecule has 1 fully saturated rings. The molecule has 1 unspecified atom stereocenters. The standard InChI is InChI=1S/C13H17NO2.ClH/c1-14-11(10-3-4-10)6-9-2-5-12-13(7-9)16-8-15-12;/h2,5,7,10-11,14H,3-4,6,8H2,1H3;1H. The largest absolute Gasteiger partial charge is 0.454 e. The van der Waals surface area contributed by atoms with E-state index in [1.807, 2.05) is 6.07 Å². The predicted molar refractivity (Wildman–Crippen MR) is 69.1 cm³/mol. The lowest BCUT2D eigenvalue weighted by Gasteiger charge is -2.15. The van der Waals surface area contributed by atoms with Crippen LogP contribution in [0.1, 0.15) is 18.4 Å². The topological polar surface area (TPSA) is 30.5 Å². The van der Waals surface area contributed by atoms with Gasteiger partial charge in [-0.3, -0.25) is 0 Å². The number of hydrogen-bond acceptors (Lipinski definition) is 3. The number of likely N-dealkylation sites (N-methyl/N-ethyl adjacent to an activating group) is 1. The van der Waals surface area contributed by atoms with Gasteiger partial charge in [-0.05, 0) is 49.9 Å². The van der Waals surface area contributed by atoms with Crippen LogP contribution in [0.25, 0.3) is 0 Å². The maximum Gasteiger partial charge on any atom is 0.231 e. The highest BCUT2D eigenvalue weighted by Crippen LogP contribution is 2.36. The van der Waals surface area contributed by atoms with Crippen LogP contribution in [0.4, 0.5) is 0 Å². The lowest BCUT2D eigenvalue weighted by molar-refractivity contribution is 0.174. The summed E-state index contributed by atoms with van der Waals surface area (Å²) in [4.78, 5) is 0. The molecule has 0 saturated heterocycles. The molecule has 2 aliphatic rings. The molecule has 0 bridgehead atoms. The highest BCUT2D eigenvalue weighted by atomic mass is 35.5. The van der Waals surface area contributed by atoms with E-state index in [0.29, 0.717) is 12.8 Å². The Kier molecular flexibility index (Phi) is 3.79. The molecule has 1 aromatic carbocycles. The Balaban J connectivity index is 0.00000108. The SMILES string of the molecule is CNC(Cc1ccc2c(c1)OCO2)C1CC1.Cl. The van der Waals surface area contributed by atoms with Crippen LogP contribution < -0.4 is 14.8 Å². The molecule has 94 valence electrons. The first-order valence-corrected chi connectivity index (χ1v) is 5.92. The van der Waals surface area contributed by atoms with Crippen molar-refractivity contribution in [2.24, 2.45) is 5.92 Å². The molecule has 3 rings (SSSR count). The van der Waals surface area contributed by atoms with E-state index in [9.17, 15) is 0 Å². The molecule has 1 aromatic rings. The molecule has 17 heavy (non-hydrogen) atoms. The van der Waals surface area contributed by atoms with Crippen LogP contribution in [0.2, 0.25) is 0 Å². The van der Waals surface area contributed by atoms with Crippen LogP contribution in [-0.2, 0) is 6.42 Å². The Labute approximate surface area is 108 Å². The second kappa shape index (κ2) is 5.15. The molecule has 0 radical (unpaired) electrons. The zero-order chi connectivity index (χ0) is 11.0. The summed E-state index contributed by atoms with van der Waals surface area (Å²) in [6, 6.07) is 6.87. The zero-order valence-electron chi connectivity index (χ0n) is 9.94. The van der Waals surface area contributed by atoms with Gasteiger partial charge in [0.05, 0.1) is 0 Å². The molecule has 1 atom stereocenters. The molecule has 0 aromatic heterocycles. The Morgan fingerprint density at radius 3 is 2.76 bits per heavy atom.